The Bertz CT molecular complexity index is 543. The van der Waals surface area contributed by atoms with Crippen molar-refractivity contribution in [3.63, 3.8) is 0 Å². The largest absolute Gasteiger partial charge is 0.491 e. The van der Waals surface area contributed by atoms with Crippen LogP contribution in [0.3, 0.4) is 0 Å². The number of hydrogen-bond donors (Lipinski definition) is 1. The van der Waals surface area contributed by atoms with Crippen LogP contribution in [0.5, 0.6) is 5.75 Å². The van der Waals surface area contributed by atoms with Crippen molar-refractivity contribution in [3.05, 3.63) is 41.8 Å². The fourth-order valence-electron chi connectivity index (χ4n) is 1.73. The number of nitrogens with zero attached hydrogens (tertiary/aromatic N) is 2. The summed E-state index contributed by atoms with van der Waals surface area (Å²) in [6.07, 6.45) is 0.685. The van der Waals surface area contributed by atoms with E-state index in [-0.39, 0.29) is 5.75 Å². The molecule has 0 aliphatic carbocycles. The van der Waals surface area contributed by atoms with Crippen LogP contribution in [0.15, 0.2) is 30.3 Å². The standard InChI is InChI=1S/C14H16FN3O/c1-2-19-14-6-3-10(9-12(14)15)13-5-4-11(7-8-16)17-18-13/h3-6,9H,2,7-8,16H2,1H3. The second kappa shape index (κ2) is 6.24. The van der Waals surface area contributed by atoms with Crippen molar-refractivity contribution in [2.24, 2.45) is 5.73 Å². The topological polar surface area (TPSA) is 61.0 Å². The third-order valence-electron chi connectivity index (χ3n) is 2.65. The number of aromatic nitrogens is 2. The van der Waals surface area contributed by atoms with Gasteiger partial charge in [0.2, 0.25) is 0 Å². The highest BCUT2D eigenvalue weighted by atomic mass is 19.1. The van der Waals surface area contributed by atoms with Crippen molar-refractivity contribution in [3.8, 4) is 17.0 Å². The number of rotatable bonds is 5. The van der Waals surface area contributed by atoms with Gasteiger partial charge in [-0.3, -0.25) is 0 Å². The third kappa shape index (κ3) is 3.26. The molecule has 0 fully saturated rings. The second-order valence-corrected chi connectivity index (χ2v) is 4.03. The first-order valence-corrected chi connectivity index (χ1v) is 6.20. The zero-order chi connectivity index (χ0) is 13.7. The molecule has 0 atom stereocenters. The van der Waals surface area contributed by atoms with Gasteiger partial charge in [-0.2, -0.15) is 10.2 Å². The van der Waals surface area contributed by atoms with Gasteiger partial charge in [0.1, 0.15) is 0 Å². The van der Waals surface area contributed by atoms with Crippen molar-refractivity contribution in [2.45, 2.75) is 13.3 Å². The molecule has 0 bridgehead atoms. The van der Waals surface area contributed by atoms with Gasteiger partial charge in [0.05, 0.1) is 18.0 Å². The maximum atomic E-state index is 13.7. The van der Waals surface area contributed by atoms with Gasteiger partial charge in [-0.1, -0.05) is 0 Å². The normalized spacial score (nSPS) is 10.5. The molecule has 0 radical (unpaired) electrons. The van der Waals surface area contributed by atoms with E-state index in [1.807, 2.05) is 19.1 Å². The minimum Gasteiger partial charge on any atom is -0.491 e. The summed E-state index contributed by atoms with van der Waals surface area (Å²) in [4.78, 5) is 0. The summed E-state index contributed by atoms with van der Waals surface area (Å²) in [6.45, 7) is 2.78. The number of benzene rings is 1. The summed E-state index contributed by atoms with van der Waals surface area (Å²) in [7, 11) is 0. The monoisotopic (exact) mass is 261 g/mol. The van der Waals surface area contributed by atoms with Gasteiger partial charge >= 0.3 is 0 Å². The van der Waals surface area contributed by atoms with Crippen molar-refractivity contribution in [1.29, 1.82) is 0 Å². The summed E-state index contributed by atoms with van der Waals surface area (Å²) in [5.74, 6) is -0.147. The molecule has 2 aromatic rings. The maximum Gasteiger partial charge on any atom is 0.165 e. The molecule has 0 aliphatic rings. The second-order valence-electron chi connectivity index (χ2n) is 4.03. The predicted molar refractivity (Wildman–Crippen MR) is 71.4 cm³/mol. The molecular weight excluding hydrogens is 245 g/mol. The van der Waals surface area contributed by atoms with Crippen molar-refractivity contribution in [1.82, 2.24) is 10.2 Å². The van der Waals surface area contributed by atoms with Gasteiger partial charge in [-0.25, -0.2) is 4.39 Å². The highest BCUT2D eigenvalue weighted by molar-refractivity contribution is 5.59. The first kappa shape index (κ1) is 13.4. The van der Waals surface area contributed by atoms with E-state index in [0.29, 0.717) is 30.8 Å². The molecule has 1 heterocycles. The Kier molecular flexibility index (Phi) is 4.41. The van der Waals surface area contributed by atoms with Crippen molar-refractivity contribution >= 4 is 0 Å². The Hall–Kier alpha value is -2.01. The Morgan fingerprint density at radius 3 is 2.63 bits per heavy atom. The molecule has 4 nitrogen and oxygen atoms in total. The number of halogens is 1. The number of hydrogen-bond acceptors (Lipinski definition) is 4. The maximum absolute atomic E-state index is 13.7. The van der Waals surface area contributed by atoms with Crippen LogP contribution in [-0.4, -0.2) is 23.3 Å². The molecule has 0 saturated carbocycles. The third-order valence-corrected chi connectivity index (χ3v) is 2.65. The highest BCUT2D eigenvalue weighted by Gasteiger charge is 2.07. The quantitative estimate of drug-likeness (QED) is 0.896. The fourth-order valence-corrected chi connectivity index (χ4v) is 1.73. The van der Waals surface area contributed by atoms with Crippen LogP contribution >= 0.6 is 0 Å². The van der Waals surface area contributed by atoms with E-state index in [1.54, 1.807) is 12.1 Å². The Morgan fingerprint density at radius 1 is 1.21 bits per heavy atom. The fraction of sp³-hybridized carbons (Fsp3) is 0.286. The first-order valence-electron chi connectivity index (χ1n) is 6.20. The summed E-state index contributed by atoms with van der Waals surface area (Å²) in [6, 6.07) is 8.43. The summed E-state index contributed by atoms with van der Waals surface area (Å²) in [5.41, 5.74) is 7.58. The van der Waals surface area contributed by atoms with Gasteiger partial charge in [0.15, 0.2) is 11.6 Å². The number of nitrogens with two attached hydrogens (primary N) is 1. The van der Waals surface area contributed by atoms with Crippen molar-refractivity contribution < 1.29 is 9.13 Å². The zero-order valence-corrected chi connectivity index (χ0v) is 10.8. The van der Waals surface area contributed by atoms with Gasteiger partial charge in [0, 0.05) is 12.0 Å². The minimum absolute atomic E-state index is 0.249. The lowest BCUT2D eigenvalue weighted by molar-refractivity contribution is 0.321. The molecule has 2 N–H and O–H groups in total. The molecule has 0 spiro atoms. The van der Waals surface area contributed by atoms with Gasteiger partial charge < -0.3 is 10.5 Å². The molecule has 0 aliphatic heterocycles. The Balaban J connectivity index is 2.24. The minimum atomic E-state index is -0.396. The average molecular weight is 261 g/mol. The van der Waals surface area contributed by atoms with E-state index in [1.165, 1.54) is 6.07 Å². The van der Waals surface area contributed by atoms with E-state index >= 15 is 0 Å². The number of ether oxygens (including phenoxy) is 1. The molecular formula is C14H16FN3O. The zero-order valence-electron chi connectivity index (χ0n) is 10.8. The van der Waals surface area contributed by atoms with Gasteiger partial charge in [0.25, 0.3) is 0 Å². The van der Waals surface area contributed by atoms with Crippen LogP contribution in [0.2, 0.25) is 0 Å². The molecule has 100 valence electrons. The molecule has 1 aromatic heterocycles. The van der Waals surface area contributed by atoms with Crippen LogP contribution in [0.25, 0.3) is 11.3 Å². The van der Waals surface area contributed by atoms with Crippen LogP contribution in [0, 0.1) is 5.82 Å². The van der Waals surface area contributed by atoms with E-state index < -0.39 is 5.82 Å². The lowest BCUT2D eigenvalue weighted by atomic mass is 10.1. The van der Waals surface area contributed by atoms with Gasteiger partial charge in [-0.15, -0.1) is 0 Å². The van der Waals surface area contributed by atoms with Crippen LogP contribution in [0.1, 0.15) is 12.6 Å². The molecule has 0 saturated heterocycles. The molecule has 5 heteroatoms. The molecule has 0 unspecified atom stereocenters. The lowest BCUT2D eigenvalue weighted by Crippen LogP contribution is -2.05. The molecule has 1 aromatic carbocycles. The first-order chi connectivity index (χ1) is 9.24. The predicted octanol–water partition coefficient (Wildman–Crippen LogP) is 2.18. The summed E-state index contributed by atoms with van der Waals surface area (Å²) >= 11 is 0. The lowest BCUT2D eigenvalue weighted by Gasteiger charge is -2.06. The van der Waals surface area contributed by atoms with E-state index in [9.17, 15) is 4.39 Å². The van der Waals surface area contributed by atoms with Crippen molar-refractivity contribution in [2.75, 3.05) is 13.2 Å². The smallest absolute Gasteiger partial charge is 0.165 e. The van der Waals surface area contributed by atoms with Crippen LogP contribution in [-0.2, 0) is 6.42 Å². The summed E-state index contributed by atoms with van der Waals surface area (Å²) in [5, 5.41) is 8.12. The van der Waals surface area contributed by atoms with E-state index in [4.69, 9.17) is 10.5 Å². The highest BCUT2D eigenvalue weighted by Crippen LogP contribution is 2.24. The molecule has 2 rings (SSSR count). The molecule has 0 amide bonds. The Morgan fingerprint density at radius 2 is 2.05 bits per heavy atom. The van der Waals surface area contributed by atoms with E-state index in [0.717, 1.165) is 5.69 Å². The SMILES string of the molecule is CCOc1ccc(-c2ccc(CCN)nn2)cc1F. The summed E-state index contributed by atoms with van der Waals surface area (Å²) < 4.78 is 18.9. The van der Waals surface area contributed by atoms with Gasteiger partial charge in [-0.05, 0) is 43.8 Å². The average Bonchev–Trinajstić information content (AvgIpc) is 2.43. The Labute approximate surface area is 111 Å². The van der Waals surface area contributed by atoms with Crippen LogP contribution < -0.4 is 10.5 Å². The van der Waals surface area contributed by atoms with E-state index in [2.05, 4.69) is 10.2 Å². The van der Waals surface area contributed by atoms with Crippen LogP contribution in [0.4, 0.5) is 4.39 Å². The molecule has 19 heavy (non-hydrogen) atoms.